The number of amides is 1. The van der Waals surface area contributed by atoms with E-state index >= 15 is 0 Å². The fraction of sp³-hybridized carbons (Fsp3) is 0.588. The van der Waals surface area contributed by atoms with E-state index in [1.807, 2.05) is 29.2 Å². The van der Waals surface area contributed by atoms with Crippen molar-refractivity contribution in [1.82, 2.24) is 10.2 Å². The summed E-state index contributed by atoms with van der Waals surface area (Å²) in [7, 11) is 1.66. The van der Waals surface area contributed by atoms with Crippen molar-refractivity contribution in [2.24, 2.45) is 11.3 Å². The highest BCUT2D eigenvalue weighted by molar-refractivity contribution is 5.81. The van der Waals surface area contributed by atoms with Crippen molar-refractivity contribution in [2.45, 2.75) is 33.9 Å². The number of methoxy groups -OCH3 is 1. The zero-order valence-electron chi connectivity index (χ0n) is 13.6. The van der Waals surface area contributed by atoms with E-state index in [0.717, 1.165) is 17.9 Å². The normalized spacial score (nSPS) is 20.7. The van der Waals surface area contributed by atoms with Gasteiger partial charge in [0.05, 0.1) is 13.7 Å². The minimum Gasteiger partial charge on any atom is -0.496 e. The highest BCUT2D eigenvalue weighted by Crippen LogP contribution is 2.33. The van der Waals surface area contributed by atoms with Crippen molar-refractivity contribution in [1.29, 1.82) is 0 Å². The Kier molecular flexibility index (Phi) is 4.57. The first kappa shape index (κ1) is 15.8. The van der Waals surface area contributed by atoms with Gasteiger partial charge in [0.25, 0.3) is 0 Å². The second-order valence-corrected chi connectivity index (χ2v) is 6.84. The quantitative estimate of drug-likeness (QED) is 0.927. The molecule has 0 bridgehead atoms. The number of ether oxygens (including phenoxy) is 1. The molecule has 0 saturated carbocycles. The summed E-state index contributed by atoms with van der Waals surface area (Å²) in [6.45, 7) is 9.97. The Labute approximate surface area is 127 Å². The van der Waals surface area contributed by atoms with Gasteiger partial charge >= 0.3 is 0 Å². The molecule has 1 aromatic carbocycles. The van der Waals surface area contributed by atoms with Crippen molar-refractivity contribution >= 4 is 5.91 Å². The van der Waals surface area contributed by atoms with E-state index in [2.05, 4.69) is 33.0 Å². The molecule has 4 nitrogen and oxygen atoms in total. The zero-order valence-corrected chi connectivity index (χ0v) is 13.6. The summed E-state index contributed by atoms with van der Waals surface area (Å²) in [6.07, 6.45) is -0.0987. The van der Waals surface area contributed by atoms with Crippen LogP contribution >= 0.6 is 0 Å². The Morgan fingerprint density at radius 1 is 1.38 bits per heavy atom. The summed E-state index contributed by atoms with van der Waals surface area (Å²) >= 11 is 0. The van der Waals surface area contributed by atoms with Crippen LogP contribution in [0.4, 0.5) is 0 Å². The monoisotopic (exact) mass is 290 g/mol. The van der Waals surface area contributed by atoms with Gasteiger partial charge in [-0.2, -0.15) is 0 Å². The molecule has 1 heterocycles. The van der Waals surface area contributed by atoms with Crippen LogP contribution in [0, 0.1) is 11.3 Å². The Morgan fingerprint density at radius 2 is 2.05 bits per heavy atom. The van der Waals surface area contributed by atoms with E-state index in [0.29, 0.717) is 12.5 Å². The van der Waals surface area contributed by atoms with Crippen LogP contribution in [0.2, 0.25) is 0 Å². The molecule has 1 aliphatic heterocycles. The number of hydrogen-bond acceptors (Lipinski definition) is 3. The first-order valence-electron chi connectivity index (χ1n) is 7.50. The Bertz CT molecular complexity index is 508. The summed E-state index contributed by atoms with van der Waals surface area (Å²) < 4.78 is 5.44. The maximum Gasteiger partial charge on any atom is 0.238 e. The summed E-state index contributed by atoms with van der Waals surface area (Å²) in [6, 6.07) is 7.88. The minimum atomic E-state index is -0.0987. The molecule has 2 atom stereocenters. The van der Waals surface area contributed by atoms with E-state index in [1.54, 1.807) is 7.11 Å². The van der Waals surface area contributed by atoms with Gasteiger partial charge in [-0.15, -0.1) is 0 Å². The number of nitrogens with one attached hydrogen (secondary N) is 1. The fourth-order valence-electron chi connectivity index (χ4n) is 2.49. The van der Waals surface area contributed by atoms with Gasteiger partial charge in [0.1, 0.15) is 11.9 Å². The molecular weight excluding hydrogens is 264 g/mol. The van der Waals surface area contributed by atoms with E-state index in [9.17, 15) is 4.79 Å². The minimum absolute atomic E-state index is 0.0987. The maximum absolute atomic E-state index is 12.2. The van der Waals surface area contributed by atoms with Gasteiger partial charge in [-0.05, 0) is 17.4 Å². The standard InChI is InChI=1S/C17H26N2O2/c1-12(17(2,3)4)11-19-15(20)10-18-16(19)13-8-6-7-9-14(13)21-5/h6-9,12,16,18H,10-11H2,1-5H3. The second kappa shape index (κ2) is 6.06. The first-order chi connectivity index (χ1) is 9.84. The van der Waals surface area contributed by atoms with E-state index in [1.165, 1.54) is 0 Å². The molecule has 0 aliphatic carbocycles. The van der Waals surface area contributed by atoms with Crippen LogP contribution in [0.25, 0.3) is 0 Å². The van der Waals surface area contributed by atoms with Crippen LogP contribution < -0.4 is 10.1 Å². The lowest BCUT2D eigenvalue weighted by atomic mass is 9.81. The Morgan fingerprint density at radius 3 is 2.67 bits per heavy atom. The lowest BCUT2D eigenvalue weighted by Gasteiger charge is -2.34. The highest BCUT2D eigenvalue weighted by Gasteiger charge is 2.35. The molecule has 2 rings (SSSR count). The van der Waals surface area contributed by atoms with Gasteiger partial charge in [-0.3, -0.25) is 10.1 Å². The Balaban J connectivity index is 2.24. The van der Waals surface area contributed by atoms with Gasteiger partial charge in [0.15, 0.2) is 0 Å². The lowest BCUT2D eigenvalue weighted by molar-refractivity contribution is -0.129. The van der Waals surface area contributed by atoms with Crippen LogP contribution in [-0.2, 0) is 4.79 Å². The molecule has 2 unspecified atom stereocenters. The van der Waals surface area contributed by atoms with Gasteiger partial charge in [0.2, 0.25) is 5.91 Å². The smallest absolute Gasteiger partial charge is 0.238 e. The molecule has 1 amide bonds. The van der Waals surface area contributed by atoms with Crippen LogP contribution in [0.1, 0.15) is 39.4 Å². The zero-order chi connectivity index (χ0) is 15.6. The van der Waals surface area contributed by atoms with Crippen molar-refractivity contribution in [3.63, 3.8) is 0 Å². The molecule has 1 saturated heterocycles. The van der Waals surface area contributed by atoms with Crippen LogP contribution in [0.3, 0.4) is 0 Å². The molecule has 0 spiro atoms. The van der Waals surface area contributed by atoms with Crippen molar-refractivity contribution in [2.75, 3.05) is 20.2 Å². The maximum atomic E-state index is 12.2. The third-order valence-electron chi connectivity index (χ3n) is 4.46. The second-order valence-electron chi connectivity index (χ2n) is 6.84. The predicted octanol–water partition coefficient (Wildman–Crippen LogP) is 2.81. The predicted molar refractivity (Wildman–Crippen MR) is 84.1 cm³/mol. The number of benzene rings is 1. The van der Waals surface area contributed by atoms with Gasteiger partial charge in [-0.1, -0.05) is 45.9 Å². The molecule has 1 aromatic rings. The van der Waals surface area contributed by atoms with Crippen molar-refractivity contribution in [3.8, 4) is 5.75 Å². The van der Waals surface area contributed by atoms with E-state index < -0.39 is 0 Å². The average Bonchev–Trinajstić information content (AvgIpc) is 2.79. The SMILES string of the molecule is COc1ccccc1C1NCC(=O)N1CC(C)C(C)(C)C. The van der Waals surface area contributed by atoms with Crippen molar-refractivity contribution in [3.05, 3.63) is 29.8 Å². The molecule has 116 valence electrons. The van der Waals surface area contributed by atoms with Gasteiger partial charge < -0.3 is 9.64 Å². The molecule has 1 aliphatic rings. The molecule has 1 fully saturated rings. The molecule has 4 heteroatoms. The summed E-state index contributed by atoms with van der Waals surface area (Å²) in [4.78, 5) is 14.2. The summed E-state index contributed by atoms with van der Waals surface area (Å²) in [5, 5.41) is 3.30. The number of hydrogen-bond donors (Lipinski definition) is 1. The van der Waals surface area contributed by atoms with E-state index in [4.69, 9.17) is 4.74 Å². The first-order valence-corrected chi connectivity index (χ1v) is 7.50. The molecule has 0 radical (unpaired) electrons. The Hall–Kier alpha value is -1.55. The number of para-hydroxylation sites is 1. The van der Waals surface area contributed by atoms with Crippen LogP contribution in [0.15, 0.2) is 24.3 Å². The molecule has 0 aromatic heterocycles. The van der Waals surface area contributed by atoms with E-state index in [-0.39, 0.29) is 17.5 Å². The number of carbonyl (C=O) groups is 1. The average molecular weight is 290 g/mol. The largest absolute Gasteiger partial charge is 0.496 e. The van der Waals surface area contributed by atoms with Gasteiger partial charge in [-0.25, -0.2) is 0 Å². The topological polar surface area (TPSA) is 41.6 Å². The molecular formula is C17H26N2O2. The fourth-order valence-corrected chi connectivity index (χ4v) is 2.49. The van der Waals surface area contributed by atoms with Crippen molar-refractivity contribution < 1.29 is 9.53 Å². The lowest BCUT2D eigenvalue weighted by Crippen LogP contribution is -2.37. The third-order valence-corrected chi connectivity index (χ3v) is 4.46. The highest BCUT2D eigenvalue weighted by atomic mass is 16.5. The molecule has 21 heavy (non-hydrogen) atoms. The number of rotatable bonds is 4. The summed E-state index contributed by atoms with van der Waals surface area (Å²) in [5.74, 6) is 1.39. The van der Waals surface area contributed by atoms with Gasteiger partial charge in [0, 0.05) is 12.1 Å². The number of nitrogens with zero attached hydrogens (tertiary/aromatic N) is 1. The number of carbonyl (C=O) groups excluding carboxylic acids is 1. The summed E-state index contributed by atoms with van der Waals surface area (Å²) in [5.41, 5.74) is 1.20. The van der Waals surface area contributed by atoms with Crippen LogP contribution in [-0.4, -0.2) is 31.0 Å². The van der Waals surface area contributed by atoms with Crippen LogP contribution in [0.5, 0.6) is 5.75 Å². The third kappa shape index (κ3) is 3.38. The molecule has 1 N–H and O–H groups in total.